The van der Waals surface area contributed by atoms with Crippen LogP contribution in [0.3, 0.4) is 0 Å². The molecular formula is C13H26NaO2. The number of esters is 1. The zero-order chi connectivity index (χ0) is 11.4. The molecule has 0 aliphatic heterocycles. The summed E-state index contributed by atoms with van der Waals surface area (Å²) in [5.74, 6) is -0.0713. The summed E-state index contributed by atoms with van der Waals surface area (Å²) in [6.45, 7) is 2.24. The molecule has 0 aliphatic rings. The minimum absolute atomic E-state index is 0. The molecule has 0 amide bonds. The third-order valence-corrected chi connectivity index (χ3v) is 2.71. The second-order valence-corrected chi connectivity index (χ2v) is 4.15. The summed E-state index contributed by atoms with van der Waals surface area (Å²) < 4.78 is 4.58. The van der Waals surface area contributed by atoms with Crippen LogP contribution < -0.4 is 0 Å². The second kappa shape index (κ2) is 15.5. The van der Waals surface area contributed by atoms with Crippen molar-refractivity contribution in [2.75, 3.05) is 7.11 Å². The van der Waals surface area contributed by atoms with E-state index in [0.717, 1.165) is 6.42 Å². The third-order valence-electron chi connectivity index (χ3n) is 2.71. The first kappa shape index (κ1) is 18.8. The van der Waals surface area contributed by atoms with Gasteiger partial charge in [0.1, 0.15) is 0 Å². The largest absolute Gasteiger partial charge is 0.469 e. The van der Waals surface area contributed by atoms with E-state index in [1.54, 1.807) is 0 Å². The van der Waals surface area contributed by atoms with Crippen molar-refractivity contribution in [1.82, 2.24) is 0 Å². The van der Waals surface area contributed by atoms with Crippen LogP contribution >= 0.6 is 0 Å². The Bertz CT molecular complexity index is 149. The normalized spacial score (nSPS) is 9.62. The van der Waals surface area contributed by atoms with Crippen LogP contribution in [0.15, 0.2) is 0 Å². The molecule has 0 aromatic carbocycles. The van der Waals surface area contributed by atoms with E-state index in [-0.39, 0.29) is 35.5 Å². The summed E-state index contributed by atoms with van der Waals surface area (Å²) in [6, 6.07) is 0. The quantitative estimate of drug-likeness (QED) is 0.329. The van der Waals surface area contributed by atoms with E-state index >= 15 is 0 Å². The van der Waals surface area contributed by atoms with Crippen LogP contribution in [0.25, 0.3) is 0 Å². The van der Waals surface area contributed by atoms with E-state index in [1.165, 1.54) is 58.5 Å². The van der Waals surface area contributed by atoms with Crippen molar-refractivity contribution in [2.45, 2.75) is 71.1 Å². The molecule has 0 heterocycles. The molecule has 91 valence electrons. The molecule has 0 rings (SSSR count). The Hall–Kier alpha value is 0.470. The molecule has 0 N–H and O–H groups in total. The molecule has 16 heavy (non-hydrogen) atoms. The van der Waals surface area contributed by atoms with Gasteiger partial charge in [-0.25, -0.2) is 0 Å². The Morgan fingerprint density at radius 1 is 0.875 bits per heavy atom. The number of hydrogen-bond donors (Lipinski definition) is 0. The molecule has 0 saturated carbocycles. The molecule has 0 unspecified atom stereocenters. The fraction of sp³-hybridized carbons (Fsp3) is 0.923. The summed E-state index contributed by atoms with van der Waals surface area (Å²) >= 11 is 0. The minimum Gasteiger partial charge on any atom is -0.469 e. The van der Waals surface area contributed by atoms with Gasteiger partial charge in [-0.3, -0.25) is 4.79 Å². The molecule has 0 saturated heterocycles. The molecule has 0 fully saturated rings. The first-order valence-electron chi connectivity index (χ1n) is 6.38. The molecular weight excluding hydrogens is 211 g/mol. The van der Waals surface area contributed by atoms with Gasteiger partial charge in [0.05, 0.1) is 7.11 Å². The van der Waals surface area contributed by atoms with Gasteiger partial charge >= 0.3 is 5.97 Å². The average molecular weight is 237 g/mol. The second-order valence-electron chi connectivity index (χ2n) is 4.15. The van der Waals surface area contributed by atoms with Gasteiger partial charge in [-0.15, -0.1) is 0 Å². The predicted octanol–water partition coefficient (Wildman–Crippen LogP) is 3.70. The van der Waals surface area contributed by atoms with Crippen molar-refractivity contribution in [3.63, 3.8) is 0 Å². The molecule has 0 atom stereocenters. The van der Waals surface area contributed by atoms with Crippen LogP contribution in [0.4, 0.5) is 0 Å². The van der Waals surface area contributed by atoms with Gasteiger partial charge < -0.3 is 4.74 Å². The molecule has 0 spiro atoms. The average Bonchev–Trinajstić information content (AvgIpc) is 2.26. The van der Waals surface area contributed by atoms with Gasteiger partial charge in [0, 0.05) is 36.0 Å². The van der Waals surface area contributed by atoms with Gasteiger partial charge in [0.25, 0.3) is 0 Å². The molecule has 2 nitrogen and oxygen atoms in total. The van der Waals surface area contributed by atoms with Crippen molar-refractivity contribution in [3.05, 3.63) is 0 Å². The van der Waals surface area contributed by atoms with Gasteiger partial charge in [0.15, 0.2) is 0 Å². The Morgan fingerprint density at radius 3 is 1.75 bits per heavy atom. The number of carbonyl (C=O) groups excluding carboxylic acids is 1. The van der Waals surface area contributed by atoms with Gasteiger partial charge in [0.2, 0.25) is 0 Å². The number of ether oxygens (including phenoxy) is 1. The number of rotatable bonds is 10. The van der Waals surface area contributed by atoms with E-state index in [0.29, 0.717) is 6.42 Å². The maximum absolute atomic E-state index is 10.8. The van der Waals surface area contributed by atoms with Gasteiger partial charge in [-0.1, -0.05) is 58.3 Å². The summed E-state index contributed by atoms with van der Waals surface area (Å²) in [5.41, 5.74) is 0. The predicted molar refractivity (Wildman–Crippen MR) is 69.6 cm³/mol. The third kappa shape index (κ3) is 14.5. The fourth-order valence-corrected chi connectivity index (χ4v) is 1.68. The van der Waals surface area contributed by atoms with Gasteiger partial charge in [-0.2, -0.15) is 0 Å². The first-order chi connectivity index (χ1) is 7.31. The number of methoxy groups -OCH3 is 1. The van der Waals surface area contributed by atoms with Crippen LogP contribution in [0.1, 0.15) is 71.1 Å². The van der Waals surface area contributed by atoms with E-state index in [1.807, 2.05) is 0 Å². The standard InChI is InChI=1S/C13H26O2.Na/c1-3-4-5-6-7-8-9-10-11-12-13(14)15-2;/h3-12H2,1-2H3;. The van der Waals surface area contributed by atoms with E-state index in [2.05, 4.69) is 11.7 Å². The number of hydrogen-bond acceptors (Lipinski definition) is 2. The topological polar surface area (TPSA) is 26.3 Å². The Labute approximate surface area is 123 Å². The Balaban J connectivity index is 0. The van der Waals surface area contributed by atoms with Crippen LogP contribution in [-0.4, -0.2) is 42.6 Å². The zero-order valence-corrected chi connectivity index (χ0v) is 13.4. The number of carbonyl (C=O) groups is 1. The fourth-order valence-electron chi connectivity index (χ4n) is 1.68. The maximum Gasteiger partial charge on any atom is 0.305 e. The molecule has 3 heteroatoms. The summed E-state index contributed by atoms with van der Waals surface area (Å²) in [7, 11) is 1.45. The van der Waals surface area contributed by atoms with Crippen LogP contribution in [0, 0.1) is 0 Å². The van der Waals surface area contributed by atoms with Crippen molar-refractivity contribution in [2.24, 2.45) is 0 Å². The summed E-state index contributed by atoms with van der Waals surface area (Å²) in [4.78, 5) is 10.8. The van der Waals surface area contributed by atoms with Crippen LogP contribution in [0.5, 0.6) is 0 Å². The van der Waals surface area contributed by atoms with Crippen LogP contribution in [-0.2, 0) is 9.53 Å². The zero-order valence-electron chi connectivity index (χ0n) is 11.4. The minimum atomic E-state index is -0.0713. The van der Waals surface area contributed by atoms with E-state index in [9.17, 15) is 4.79 Å². The monoisotopic (exact) mass is 237 g/mol. The van der Waals surface area contributed by atoms with E-state index in [4.69, 9.17) is 0 Å². The van der Waals surface area contributed by atoms with Crippen molar-refractivity contribution >= 4 is 35.5 Å². The first-order valence-corrected chi connectivity index (χ1v) is 6.38. The molecule has 0 bridgehead atoms. The molecule has 0 aromatic rings. The maximum atomic E-state index is 10.8. The summed E-state index contributed by atoms with van der Waals surface area (Å²) in [5, 5.41) is 0. The molecule has 1 radical (unpaired) electrons. The molecule has 0 aliphatic carbocycles. The molecule has 0 aromatic heterocycles. The van der Waals surface area contributed by atoms with Crippen molar-refractivity contribution in [3.8, 4) is 0 Å². The Morgan fingerprint density at radius 2 is 1.31 bits per heavy atom. The van der Waals surface area contributed by atoms with Gasteiger partial charge in [-0.05, 0) is 6.42 Å². The van der Waals surface area contributed by atoms with Crippen LogP contribution in [0.2, 0.25) is 0 Å². The number of unbranched alkanes of at least 4 members (excludes halogenated alkanes) is 8. The van der Waals surface area contributed by atoms with Crippen molar-refractivity contribution in [1.29, 1.82) is 0 Å². The SMILES string of the molecule is CCCCCCCCCCCC(=O)OC.[Na]. The smallest absolute Gasteiger partial charge is 0.305 e. The summed E-state index contributed by atoms with van der Waals surface area (Å²) in [6.07, 6.45) is 12.2. The van der Waals surface area contributed by atoms with E-state index < -0.39 is 0 Å². The Kier molecular flexibility index (Phi) is 18.2. The van der Waals surface area contributed by atoms with Crippen molar-refractivity contribution < 1.29 is 9.53 Å².